The van der Waals surface area contributed by atoms with Gasteiger partial charge in [-0.25, -0.2) is 0 Å². The molecule has 1 atom stereocenters. The Morgan fingerprint density at radius 2 is 1.18 bits per heavy atom. The number of hydrogen-bond acceptors (Lipinski definition) is 1. The van der Waals surface area contributed by atoms with Crippen molar-refractivity contribution >= 4 is 28.2 Å². The molecule has 178 valence electrons. The van der Waals surface area contributed by atoms with Crippen LogP contribution in [0.3, 0.4) is 0 Å². The number of nitrogens with one attached hydrogen (secondary N) is 1. The van der Waals surface area contributed by atoms with Crippen LogP contribution in [-0.2, 0) is 16.8 Å². The van der Waals surface area contributed by atoms with Crippen LogP contribution in [0.2, 0.25) is 10.5 Å². The molecule has 0 saturated carbocycles. The molecule has 34 heavy (non-hydrogen) atoms. The van der Waals surface area contributed by atoms with Crippen LogP contribution in [0.5, 0.6) is 0 Å². The van der Waals surface area contributed by atoms with E-state index in [-0.39, 0.29) is 16.5 Å². The molecule has 4 rings (SSSR count). The molecule has 0 heterocycles. The van der Waals surface area contributed by atoms with Crippen molar-refractivity contribution in [2.75, 3.05) is 0 Å². The summed E-state index contributed by atoms with van der Waals surface area (Å²) in [5, 5.41) is 4.95. The maximum absolute atomic E-state index is 4.10. The van der Waals surface area contributed by atoms with Crippen LogP contribution in [-0.4, -0.2) is 16.5 Å². The van der Waals surface area contributed by atoms with Crippen molar-refractivity contribution in [3.05, 3.63) is 126 Å². The first-order chi connectivity index (χ1) is 15.6. The Morgan fingerprint density at radius 3 is 1.65 bits per heavy atom. The molecule has 1 unspecified atom stereocenters. The quantitative estimate of drug-likeness (QED) is 0.285. The van der Waals surface area contributed by atoms with E-state index in [9.17, 15) is 0 Å². The van der Waals surface area contributed by atoms with Crippen LogP contribution in [0.15, 0.2) is 104 Å². The Morgan fingerprint density at radius 1 is 0.735 bits per heavy atom. The maximum Gasteiger partial charge on any atom is -0.0149 e. The molecule has 0 amide bonds. The van der Waals surface area contributed by atoms with Crippen LogP contribution in [0.4, 0.5) is 0 Å². The molecule has 0 fully saturated rings. The second-order valence-electron chi connectivity index (χ2n) is 10.3. The van der Waals surface area contributed by atoms with Crippen LogP contribution in [0.25, 0.3) is 17.2 Å². The molecular formula is C31H41NSiTi. The van der Waals surface area contributed by atoms with Gasteiger partial charge in [0.2, 0.25) is 0 Å². The van der Waals surface area contributed by atoms with Crippen molar-refractivity contribution in [3.63, 3.8) is 0 Å². The minimum Gasteiger partial charge on any atom is -0.0149 e. The fraction of sp³-hybridized carbons (Fsp3) is 0.226. The fourth-order valence-corrected chi connectivity index (χ4v) is 10.3. The maximum atomic E-state index is 4.10. The summed E-state index contributed by atoms with van der Waals surface area (Å²) in [6.07, 6.45) is 4.70. The molecule has 3 heteroatoms. The van der Waals surface area contributed by atoms with Gasteiger partial charge >= 0.3 is 109 Å². The molecule has 3 aromatic carbocycles. The first-order valence-electron chi connectivity index (χ1n) is 11.6. The van der Waals surface area contributed by atoms with E-state index in [0.717, 1.165) is 22.3 Å². The minimum atomic E-state index is -2.04. The van der Waals surface area contributed by atoms with E-state index in [1.807, 2.05) is 36.4 Å². The van der Waals surface area contributed by atoms with Crippen LogP contribution < -0.4 is 3.80 Å². The predicted octanol–water partition coefficient (Wildman–Crippen LogP) is 7.27. The van der Waals surface area contributed by atoms with Gasteiger partial charge in [-0.2, -0.15) is 0 Å². The monoisotopic (exact) mass is 503 g/mol. The Balaban J connectivity index is 0.000000234. The van der Waals surface area contributed by atoms with Gasteiger partial charge in [-0.05, 0) is 33.2 Å². The normalized spacial score (nSPS) is 14.3. The summed E-state index contributed by atoms with van der Waals surface area (Å²) in [4.78, 5) is 0. The molecule has 1 aliphatic carbocycles. The van der Waals surface area contributed by atoms with Crippen molar-refractivity contribution in [2.24, 2.45) is 0 Å². The SMILES string of the molecule is C=C(C(=C)c1ccccc1)c1ccccc1.CC(C)(C)[NH][Ti]([CH3])([CH3])[CH]1C=Cc2ccccc21.[SiH4]. The predicted molar refractivity (Wildman–Crippen MR) is 155 cm³/mol. The summed E-state index contributed by atoms with van der Waals surface area (Å²) < 4.78 is 4.56. The summed E-state index contributed by atoms with van der Waals surface area (Å²) in [5.41, 5.74) is 7.35. The van der Waals surface area contributed by atoms with Gasteiger partial charge in [-0.1, -0.05) is 73.8 Å². The number of rotatable bonds is 5. The summed E-state index contributed by atoms with van der Waals surface area (Å²) in [7, 11) is 0. The van der Waals surface area contributed by atoms with Gasteiger partial charge in [0.1, 0.15) is 0 Å². The second-order valence-corrected chi connectivity index (χ2v) is 17.0. The first kappa shape index (κ1) is 28.0. The van der Waals surface area contributed by atoms with E-state index in [1.165, 1.54) is 11.1 Å². The smallest absolute Gasteiger partial charge is 0.0149 e. The zero-order valence-corrected chi connectivity index (χ0v) is 22.3. The second kappa shape index (κ2) is 12.0. The Hall–Kier alpha value is -2.23. The molecule has 1 nitrogen and oxygen atoms in total. The van der Waals surface area contributed by atoms with Crippen LogP contribution in [0, 0.1) is 0 Å². The largest absolute Gasteiger partial charge is 0.0149 e. The van der Waals surface area contributed by atoms with Crippen molar-refractivity contribution in [1.29, 1.82) is 0 Å². The summed E-state index contributed by atoms with van der Waals surface area (Å²) in [5.74, 6) is 0. The van der Waals surface area contributed by atoms with Gasteiger partial charge in [0.25, 0.3) is 0 Å². The standard InChI is InChI=1S/C16H14.C9H7.C4H10N.2CH3.H4Si.Ti/c1-13(15-9-5-3-6-10-15)14(2)16-11-7-4-8-12-16;1-2-5-9-7-3-6-8(9)4-1;1-4(2,3)5;;;;/h3-12H,1-2H2;1-7H;5H,1-3H3;2*1H3;1H4;/q;;-1;;;;+1. The van der Waals surface area contributed by atoms with E-state index in [2.05, 4.69) is 109 Å². The topological polar surface area (TPSA) is 12.0 Å². The summed E-state index contributed by atoms with van der Waals surface area (Å²) in [6.45, 7) is 15.0. The van der Waals surface area contributed by atoms with Gasteiger partial charge < -0.3 is 0 Å². The van der Waals surface area contributed by atoms with Gasteiger partial charge in [-0.3, -0.25) is 0 Å². The van der Waals surface area contributed by atoms with Crippen molar-refractivity contribution in [3.8, 4) is 0 Å². The van der Waals surface area contributed by atoms with E-state index in [4.69, 9.17) is 0 Å². The fourth-order valence-electron chi connectivity index (χ4n) is 4.55. The summed E-state index contributed by atoms with van der Waals surface area (Å²) >= 11 is -2.04. The van der Waals surface area contributed by atoms with Gasteiger partial charge in [0, 0.05) is 0 Å². The molecule has 1 aliphatic rings. The third-order valence-corrected chi connectivity index (χ3v) is 11.3. The zero-order valence-electron chi connectivity index (χ0n) is 20.7. The molecule has 0 aliphatic heterocycles. The van der Waals surface area contributed by atoms with Crippen LogP contribution >= 0.6 is 0 Å². The van der Waals surface area contributed by atoms with Gasteiger partial charge in [-0.15, -0.1) is 0 Å². The number of fused-ring (bicyclic) bond motifs is 1. The molecule has 0 aromatic heterocycles. The van der Waals surface area contributed by atoms with Gasteiger partial charge in [0.05, 0.1) is 0 Å². The molecule has 1 N–H and O–H groups in total. The van der Waals surface area contributed by atoms with E-state index < -0.39 is 16.8 Å². The van der Waals surface area contributed by atoms with Gasteiger partial charge in [0.15, 0.2) is 0 Å². The van der Waals surface area contributed by atoms with Crippen molar-refractivity contribution in [2.45, 2.75) is 41.0 Å². The minimum absolute atomic E-state index is 0. The average molecular weight is 504 g/mol. The van der Waals surface area contributed by atoms with Crippen molar-refractivity contribution < 1.29 is 16.8 Å². The zero-order chi connectivity index (χ0) is 24.1. The Bertz CT molecular complexity index is 1080. The molecule has 0 radical (unpaired) electrons. The Labute approximate surface area is 215 Å². The van der Waals surface area contributed by atoms with E-state index >= 15 is 0 Å². The molecule has 0 saturated heterocycles. The third kappa shape index (κ3) is 7.38. The van der Waals surface area contributed by atoms with Crippen LogP contribution in [0.1, 0.15) is 47.2 Å². The number of hydrogen-bond donors (Lipinski definition) is 1. The third-order valence-electron chi connectivity index (χ3n) is 5.88. The first-order valence-corrected chi connectivity index (χ1v) is 16.4. The Kier molecular flexibility index (Phi) is 9.85. The molecule has 3 aromatic rings. The molecular weight excluding hydrogens is 462 g/mol. The van der Waals surface area contributed by atoms with Crippen molar-refractivity contribution in [1.82, 2.24) is 3.80 Å². The number of allylic oxidation sites excluding steroid dienone is 3. The average Bonchev–Trinajstić information content (AvgIpc) is 3.23. The summed E-state index contributed by atoms with van der Waals surface area (Å²) in [6, 6.07) is 29.1. The number of benzene rings is 3. The molecule has 0 spiro atoms. The van der Waals surface area contributed by atoms with E-state index in [0.29, 0.717) is 4.22 Å². The molecule has 0 bridgehead atoms. The van der Waals surface area contributed by atoms with E-state index in [1.54, 1.807) is 0 Å².